The molecule has 0 aliphatic heterocycles. The standard InChI is InChI=1S/C18H14Cl2N4O/c19-12-6-5-11(15(20)9-12)10-23-18-22-8-7-16(24-18)13-3-1-2-4-14(13)17(21)25/h1-9H,10H2,(H2,21,25)(H,22,23,24). The van der Waals surface area contributed by atoms with Crippen LogP contribution in [-0.4, -0.2) is 15.9 Å². The first-order chi connectivity index (χ1) is 12.0. The van der Waals surface area contributed by atoms with E-state index < -0.39 is 5.91 Å². The zero-order valence-corrected chi connectivity index (χ0v) is 14.6. The lowest BCUT2D eigenvalue weighted by Crippen LogP contribution is -2.12. The molecular formula is C18H14Cl2N4O. The summed E-state index contributed by atoms with van der Waals surface area (Å²) in [6, 6.07) is 14.1. The summed E-state index contributed by atoms with van der Waals surface area (Å²) in [4.78, 5) is 20.2. The van der Waals surface area contributed by atoms with Gasteiger partial charge in [0.25, 0.3) is 0 Å². The van der Waals surface area contributed by atoms with Crippen LogP contribution in [0, 0.1) is 0 Å². The van der Waals surface area contributed by atoms with Crippen LogP contribution in [-0.2, 0) is 6.54 Å². The maximum absolute atomic E-state index is 11.6. The molecule has 2 aromatic carbocycles. The molecule has 0 unspecified atom stereocenters. The van der Waals surface area contributed by atoms with Crippen LogP contribution in [0.1, 0.15) is 15.9 Å². The van der Waals surface area contributed by atoms with E-state index in [1.165, 1.54) is 0 Å². The number of halogens is 2. The number of carbonyl (C=O) groups is 1. The zero-order chi connectivity index (χ0) is 17.8. The number of aromatic nitrogens is 2. The minimum absolute atomic E-state index is 0.410. The van der Waals surface area contributed by atoms with Crippen molar-refractivity contribution in [3.63, 3.8) is 0 Å². The van der Waals surface area contributed by atoms with Gasteiger partial charge in [-0.15, -0.1) is 0 Å². The third-order valence-electron chi connectivity index (χ3n) is 3.58. The molecule has 126 valence electrons. The summed E-state index contributed by atoms with van der Waals surface area (Å²) in [5.41, 5.74) is 7.98. The lowest BCUT2D eigenvalue weighted by atomic mass is 10.0. The number of amides is 1. The van der Waals surface area contributed by atoms with Gasteiger partial charge in [0.05, 0.1) is 5.69 Å². The van der Waals surface area contributed by atoms with E-state index in [0.717, 1.165) is 5.56 Å². The molecule has 3 rings (SSSR count). The summed E-state index contributed by atoms with van der Waals surface area (Å²) >= 11 is 12.1. The molecule has 25 heavy (non-hydrogen) atoms. The highest BCUT2D eigenvalue weighted by atomic mass is 35.5. The molecule has 0 saturated heterocycles. The molecule has 1 heterocycles. The SMILES string of the molecule is NC(=O)c1ccccc1-c1ccnc(NCc2ccc(Cl)cc2Cl)n1. The second-order valence-corrected chi connectivity index (χ2v) is 6.11. The number of nitrogens with two attached hydrogens (primary N) is 1. The van der Waals surface area contributed by atoms with Crippen molar-refractivity contribution in [3.05, 3.63) is 75.9 Å². The Balaban J connectivity index is 1.84. The number of nitrogens with one attached hydrogen (secondary N) is 1. The van der Waals surface area contributed by atoms with Gasteiger partial charge in [0.2, 0.25) is 11.9 Å². The van der Waals surface area contributed by atoms with Gasteiger partial charge in [0.15, 0.2) is 0 Å². The van der Waals surface area contributed by atoms with Crippen LogP contribution in [0.2, 0.25) is 10.0 Å². The lowest BCUT2D eigenvalue weighted by Gasteiger charge is -2.10. The van der Waals surface area contributed by atoms with Crippen molar-refractivity contribution in [2.45, 2.75) is 6.54 Å². The molecule has 0 saturated carbocycles. The third kappa shape index (κ3) is 4.07. The Morgan fingerprint density at radius 2 is 1.92 bits per heavy atom. The van der Waals surface area contributed by atoms with Crippen LogP contribution in [0.25, 0.3) is 11.3 Å². The van der Waals surface area contributed by atoms with Crippen LogP contribution < -0.4 is 11.1 Å². The Morgan fingerprint density at radius 1 is 1.12 bits per heavy atom. The number of benzene rings is 2. The fraction of sp³-hybridized carbons (Fsp3) is 0.0556. The predicted molar refractivity (Wildman–Crippen MR) is 99.8 cm³/mol. The Hall–Kier alpha value is -2.63. The smallest absolute Gasteiger partial charge is 0.249 e. The molecule has 3 aromatic rings. The van der Waals surface area contributed by atoms with Crippen molar-refractivity contribution >= 4 is 35.1 Å². The Labute approximate surface area is 154 Å². The molecule has 5 nitrogen and oxygen atoms in total. The van der Waals surface area contributed by atoms with Crippen molar-refractivity contribution < 1.29 is 4.79 Å². The van der Waals surface area contributed by atoms with Gasteiger partial charge >= 0.3 is 0 Å². The number of rotatable bonds is 5. The number of anilines is 1. The molecule has 0 atom stereocenters. The second kappa shape index (κ2) is 7.51. The summed E-state index contributed by atoms with van der Waals surface area (Å²) in [6.45, 7) is 0.441. The molecule has 1 amide bonds. The van der Waals surface area contributed by atoms with Crippen LogP contribution in [0.5, 0.6) is 0 Å². The van der Waals surface area contributed by atoms with Gasteiger partial charge in [0.1, 0.15) is 0 Å². The van der Waals surface area contributed by atoms with Crippen molar-refractivity contribution in [3.8, 4) is 11.3 Å². The summed E-state index contributed by atoms with van der Waals surface area (Å²) in [7, 11) is 0. The predicted octanol–water partition coefficient (Wildman–Crippen LogP) is 4.16. The molecule has 0 aliphatic rings. The van der Waals surface area contributed by atoms with E-state index in [4.69, 9.17) is 28.9 Å². The molecule has 0 bridgehead atoms. The summed E-state index contributed by atoms with van der Waals surface area (Å²) in [6.07, 6.45) is 1.62. The average Bonchev–Trinajstić information content (AvgIpc) is 2.61. The second-order valence-electron chi connectivity index (χ2n) is 5.26. The van der Waals surface area contributed by atoms with E-state index in [0.29, 0.717) is 39.4 Å². The molecule has 3 N–H and O–H groups in total. The molecule has 0 spiro atoms. The molecule has 0 fully saturated rings. The van der Waals surface area contributed by atoms with E-state index in [1.54, 1.807) is 42.6 Å². The van der Waals surface area contributed by atoms with Gasteiger partial charge in [0, 0.05) is 33.9 Å². The van der Waals surface area contributed by atoms with Crippen LogP contribution >= 0.6 is 23.2 Å². The zero-order valence-electron chi connectivity index (χ0n) is 13.0. The molecule has 0 aliphatic carbocycles. The van der Waals surface area contributed by atoms with Crippen molar-refractivity contribution in [1.82, 2.24) is 9.97 Å². The lowest BCUT2D eigenvalue weighted by molar-refractivity contribution is 0.100. The van der Waals surface area contributed by atoms with E-state index in [-0.39, 0.29) is 0 Å². The van der Waals surface area contributed by atoms with Crippen molar-refractivity contribution in [2.75, 3.05) is 5.32 Å². The number of nitrogens with zero attached hydrogens (tertiary/aromatic N) is 2. The average molecular weight is 373 g/mol. The van der Waals surface area contributed by atoms with Gasteiger partial charge in [-0.25, -0.2) is 9.97 Å². The highest BCUT2D eigenvalue weighted by Crippen LogP contribution is 2.23. The van der Waals surface area contributed by atoms with Crippen molar-refractivity contribution in [1.29, 1.82) is 0 Å². The molecular weight excluding hydrogens is 359 g/mol. The van der Waals surface area contributed by atoms with Gasteiger partial charge < -0.3 is 11.1 Å². The van der Waals surface area contributed by atoms with Crippen LogP contribution in [0.15, 0.2) is 54.7 Å². The van der Waals surface area contributed by atoms with Crippen molar-refractivity contribution in [2.24, 2.45) is 5.73 Å². The normalized spacial score (nSPS) is 10.5. The first kappa shape index (κ1) is 17.2. The van der Waals surface area contributed by atoms with Crippen LogP contribution in [0.4, 0.5) is 5.95 Å². The topological polar surface area (TPSA) is 80.9 Å². The number of hydrogen-bond acceptors (Lipinski definition) is 4. The fourth-order valence-corrected chi connectivity index (χ4v) is 2.83. The summed E-state index contributed by atoms with van der Waals surface area (Å²) in [5, 5.41) is 4.26. The minimum Gasteiger partial charge on any atom is -0.366 e. The van der Waals surface area contributed by atoms with E-state index in [2.05, 4.69) is 15.3 Å². The van der Waals surface area contributed by atoms with Gasteiger partial charge in [-0.1, -0.05) is 47.5 Å². The summed E-state index contributed by atoms with van der Waals surface area (Å²) in [5.74, 6) is -0.0838. The number of carbonyl (C=O) groups excluding carboxylic acids is 1. The minimum atomic E-state index is -0.503. The third-order valence-corrected chi connectivity index (χ3v) is 4.16. The molecule has 0 radical (unpaired) electrons. The van der Waals surface area contributed by atoms with Gasteiger partial charge in [-0.2, -0.15) is 0 Å². The largest absolute Gasteiger partial charge is 0.366 e. The van der Waals surface area contributed by atoms with E-state index in [1.807, 2.05) is 12.1 Å². The van der Waals surface area contributed by atoms with E-state index in [9.17, 15) is 4.79 Å². The van der Waals surface area contributed by atoms with Crippen LogP contribution in [0.3, 0.4) is 0 Å². The number of hydrogen-bond donors (Lipinski definition) is 2. The molecule has 1 aromatic heterocycles. The maximum Gasteiger partial charge on any atom is 0.249 e. The maximum atomic E-state index is 11.6. The Morgan fingerprint density at radius 3 is 2.68 bits per heavy atom. The molecule has 7 heteroatoms. The first-order valence-electron chi connectivity index (χ1n) is 7.44. The Kier molecular flexibility index (Phi) is 5.16. The van der Waals surface area contributed by atoms with Gasteiger partial charge in [-0.3, -0.25) is 4.79 Å². The quantitative estimate of drug-likeness (QED) is 0.704. The first-order valence-corrected chi connectivity index (χ1v) is 8.20. The summed E-state index contributed by atoms with van der Waals surface area (Å²) < 4.78 is 0. The monoisotopic (exact) mass is 372 g/mol. The highest BCUT2D eigenvalue weighted by molar-refractivity contribution is 6.35. The number of primary amides is 1. The van der Waals surface area contributed by atoms with E-state index >= 15 is 0 Å². The highest BCUT2D eigenvalue weighted by Gasteiger charge is 2.11. The fourth-order valence-electron chi connectivity index (χ4n) is 2.35. The Bertz CT molecular complexity index is 930. The van der Waals surface area contributed by atoms with Gasteiger partial charge in [-0.05, 0) is 29.8 Å².